The van der Waals surface area contributed by atoms with Gasteiger partial charge in [0.2, 0.25) is 0 Å². The van der Waals surface area contributed by atoms with Crippen LogP contribution in [0.5, 0.6) is 0 Å². The second kappa shape index (κ2) is 6.03. The van der Waals surface area contributed by atoms with Crippen LogP contribution in [0.15, 0.2) is 24.3 Å². The number of likely N-dealkylation sites (N-methyl/N-ethyl adjacent to an activating group) is 1. The van der Waals surface area contributed by atoms with Crippen molar-refractivity contribution in [3.05, 3.63) is 29.8 Å². The molecule has 0 spiro atoms. The van der Waals surface area contributed by atoms with Gasteiger partial charge < -0.3 is 15.3 Å². The van der Waals surface area contributed by atoms with Gasteiger partial charge in [-0.3, -0.25) is 0 Å². The lowest BCUT2D eigenvalue weighted by Crippen LogP contribution is -2.23. The van der Waals surface area contributed by atoms with Gasteiger partial charge in [-0.15, -0.1) is 0 Å². The average Bonchev–Trinajstić information content (AvgIpc) is 2.73. The molecule has 3 heteroatoms. The lowest BCUT2D eigenvalue weighted by atomic mass is 10.1. The Kier molecular flexibility index (Phi) is 4.40. The second-order valence-corrected chi connectivity index (χ2v) is 4.92. The van der Waals surface area contributed by atoms with Gasteiger partial charge >= 0.3 is 0 Å². The number of aliphatic hydroxyl groups excluding tert-OH is 1. The Balaban J connectivity index is 1.91. The van der Waals surface area contributed by atoms with Gasteiger partial charge in [-0.2, -0.15) is 0 Å². The molecule has 3 nitrogen and oxygen atoms in total. The maximum atomic E-state index is 8.83. The maximum Gasteiger partial charge on any atom is 0.0434 e. The number of hydrogen-bond acceptors (Lipinski definition) is 3. The van der Waals surface area contributed by atoms with Crippen molar-refractivity contribution in [2.45, 2.75) is 25.3 Å². The molecule has 1 aliphatic rings. The molecule has 1 saturated heterocycles. The minimum Gasteiger partial charge on any atom is -0.396 e. The first-order valence-electron chi connectivity index (χ1n) is 6.43. The molecule has 1 atom stereocenters. The highest BCUT2D eigenvalue weighted by atomic mass is 16.2. The first-order chi connectivity index (χ1) is 8.28. The van der Waals surface area contributed by atoms with Crippen LogP contribution in [0.2, 0.25) is 0 Å². The van der Waals surface area contributed by atoms with E-state index in [4.69, 9.17) is 5.11 Å². The summed E-state index contributed by atoms with van der Waals surface area (Å²) in [4.78, 5) is 2.35. The number of nitrogens with zero attached hydrogens (tertiary/aromatic N) is 1. The summed E-state index contributed by atoms with van der Waals surface area (Å²) < 4.78 is 0. The van der Waals surface area contributed by atoms with E-state index in [1.54, 1.807) is 0 Å². The van der Waals surface area contributed by atoms with E-state index >= 15 is 0 Å². The van der Waals surface area contributed by atoms with Gasteiger partial charge in [0.1, 0.15) is 0 Å². The van der Waals surface area contributed by atoms with E-state index in [0.717, 1.165) is 19.4 Å². The van der Waals surface area contributed by atoms with Crippen LogP contribution in [0.25, 0.3) is 0 Å². The monoisotopic (exact) mass is 234 g/mol. The molecule has 0 amide bonds. The van der Waals surface area contributed by atoms with Crippen LogP contribution in [0.3, 0.4) is 0 Å². The van der Waals surface area contributed by atoms with Crippen LogP contribution in [-0.2, 0) is 6.42 Å². The van der Waals surface area contributed by atoms with Crippen molar-refractivity contribution in [3.8, 4) is 0 Å². The zero-order chi connectivity index (χ0) is 12.1. The van der Waals surface area contributed by atoms with Crippen LogP contribution in [0, 0.1) is 0 Å². The topological polar surface area (TPSA) is 35.5 Å². The molecule has 0 bridgehead atoms. The molecule has 17 heavy (non-hydrogen) atoms. The molecule has 0 radical (unpaired) electrons. The quantitative estimate of drug-likeness (QED) is 0.814. The van der Waals surface area contributed by atoms with Crippen molar-refractivity contribution in [1.82, 2.24) is 4.90 Å². The Morgan fingerprint density at radius 2 is 2.35 bits per heavy atom. The SMILES string of the molecule is CN1CCC(Nc2cccc(CCCO)c2)C1. The molecule has 0 saturated carbocycles. The largest absolute Gasteiger partial charge is 0.396 e. The van der Waals surface area contributed by atoms with Gasteiger partial charge in [-0.1, -0.05) is 12.1 Å². The van der Waals surface area contributed by atoms with Gasteiger partial charge in [-0.05, 0) is 50.6 Å². The number of nitrogens with one attached hydrogen (secondary N) is 1. The zero-order valence-corrected chi connectivity index (χ0v) is 10.5. The van der Waals surface area contributed by atoms with Gasteiger partial charge in [0.15, 0.2) is 0 Å². The Morgan fingerprint density at radius 1 is 1.47 bits per heavy atom. The highest BCUT2D eigenvalue weighted by Crippen LogP contribution is 2.17. The summed E-state index contributed by atoms with van der Waals surface area (Å²) in [6.07, 6.45) is 3.02. The number of hydrogen-bond donors (Lipinski definition) is 2. The Morgan fingerprint density at radius 3 is 3.06 bits per heavy atom. The van der Waals surface area contributed by atoms with Gasteiger partial charge in [0, 0.05) is 24.9 Å². The molecule has 2 rings (SSSR count). The molecule has 1 aromatic rings. The fraction of sp³-hybridized carbons (Fsp3) is 0.571. The lowest BCUT2D eigenvalue weighted by molar-refractivity contribution is 0.288. The van der Waals surface area contributed by atoms with E-state index in [1.807, 2.05) is 0 Å². The van der Waals surface area contributed by atoms with Crippen LogP contribution in [0.1, 0.15) is 18.4 Å². The average molecular weight is 234 g/mol. The molecular weight excluding hydrogens is 212 g/mol. The standard InChI is InChI=1S/C14H22N2O/c1-16-8-7-14(11-16)15-13-6-2-4-12(10-13)5-3-9-17/h2,4,6,10,14-15,17H,3,5,7-9,11H2,1H3. The van der Waals surface area contributed by atoms with Crippen molar-refractivity contribution in [2.75, 3.05) is 32.1 Å². The molecule has 0 aliphatic carbocycles. The summed E-state index contributed by atoms with van der Waals surface area (Å²) in [5.74, 6) is 0. The third kappa shape index (κ3) is 3.72. The van der Waals surface area contributed by atoms with Crippen LogP contribution < -0.4 is 5.32 Å². The van der Waals surface area contributed by atoms with E-state index in [0.29, 0.717) is 6.04 Å². The fourth-order valence-corrected chi connectivity index (χ4v) is 2.39. The summed E-state index contributed by atoms with van der Waals surface area (Å²) in [6, 6.07) is 9.12. The smallest absolute Gasteiger partial charge is 0.0434 e. The molecule has 1 aliphatic heterocycles. The minimum absolute atomic E-state index is 0.269. The van der Waals surface area contributed by atoms with Gasteiger partial charge in [0.25, 0.3) is 0 Å². The van der Waals surface area contributed by atoms with E-state index in [9.17, 15) is 0 Å². The van der Waals surface area contributed by atoms with Crippen molar-refractivity contribution in [1.29, 1.82) is 0 Å². The molecule has 1 unspecified atom stereocenters. The third-order valence-electron chi connectivity index (χ3n) is 3.31. The third-order valence-corrected chi connectivity index (χ3v) is 3.31. The lowest BCUT2D eigenvalue weighted by Gasteiger charge is -2.15. The van der Waals surface area contributed by atoms with E-state index < -0.39 is 0 Å². The van der Waals surface area contributed by atoms with Gasteiger partial charge in [0.05, 0.1) is 0 Å². The highest BCUT2D eigenvalue weighted by Gasteiger charge is 2.18. The summed E-state index contributed by atoms with van der Waals surface area (Å²) in [5, 5.41) is 12.4. The predicted octanol–water partition coefficient (Wildman–Crippen LogP) is 1.73. The number of benzene rings is 1. The fourth-order valence-electron chi connectivity index (χ4n) is 2.39. The van der Waals surface area contributed by atoms with E-state index in [1.165, 1.54) is 24.2 Å². The number of likely N-dealkylation sites (tertiary alicyclic amines) is 1. The zero-order valence-electron chi connectivity index (χ0n) is 10.5. The van der Waals surface area contributed by atoms with E-state index in [2.05, 4.69) is 41.5 Å². The maximum absolute atomic E-state index is 8.83. The first kappa shape index (κ1) is 12.4. The Bertz CT molecular complexity index is 354. The number of aliphatic hydroxyl groups is 1. The summed E-state index contributed by atoms with van der Waals surface area (Å²) in [7, 11) is 2.17. The highest BCUT2D eigenvalue weighted by molar-refractivity contribution is 5.46. The number of aryl methyl sites for hydroxylation is 1. The summed E-state index contributed by atoms with van der Waals surface area (Å²) in [6.45, 7) is 2.58. The molecule has 1 aromatic carbocycles. The molecule has 1 fully saturated rings. The second-order valence-electron chi connectivity index (χ2n) is 4.92. The Labute approximate surface area is 103 Å². The molecule has 94 valence electrons. The van der Waals surface area contributed by atoms with Crippen molar-refractivity contribution >= 4 is 5.69 Å². The molecular formula is C14H22N2O. The Hall–Kier alpha value is -1.06. The number of anilines is 1. The molecule has 2 N–H and O–H groups in total. The van der Waals surface area contributed by atoms with Gasteiger partial charge in [-0.25, -0.2) is 0 Å². The predicted molar refractivity (Wildman–Crippen MR) is 71.4 cm³/mol. The molecule has 1 heterocycles. The molecule has 0 aromatic heterocycles. The van der Waals surface area contributed by atoms with Crippen molar-refractivity contribution < 1.29 is 5.11 Å². The van der Waals surface area contributed by atoms with Crippen LogP contribution >= 0.6 is 0 Å². The van der Waals surface area contributed by atoms with Crippen LogP contribution in [0.4, 0.5) is 5.69 Å². The van der Waals surface area contributed by atoms with Crippen molar-refractivity contribution in [2.24, 2.45) is 0 Å². The minimum atomic E-state index is 0.269. The summed E-state index contributed by atoms with van der Waals surface area (Å²) in [5.41, 5.74) is 2.51. The first-order valence-corrected chi connectivity index (χ1v) is 6.43. The summed E-state index contributed by atoms with van der Waals surface area (Å²) >= 11 is 0. The van der Waals surface area contributed by atoms with E-state index in [-0.39, 0.29) is 6.61 Å². The van der Waals surface area contributed by atoms with Crippen molar-refractivity contribution in [3.63, 3.8) is 0 Å². The van der Waals surface area contributed by atoms with Crippen LogP contribution in [-0.4, -0.2) is 42.8 Å². The number of rotatable bonds is 5. The normalized spacial score (nSPS) is 20.7.